The summed E-state index contributed by atoms with van der Waals surface area (Å²) in [5.41, 5.74) is 1.75. The number of methoxy groups -OCH3 is 1. The van der Waals surface area contributed by atoms with Crippen molar-refractivity contribution in [2.24, 2.45) is 0 Å². The Morgan fingerprint density at radius 1 is 1.32 bits per heavy atom. The van der Waals surface area contributed by atoms with Crippen LogP contribution in [0.25, 0.3) is 0 Å². The average molecular weight is 321 g/mol. The van der Waals surface area contributed by atoms with Gasteiger partial charge in [-0.05, 0) is 25.5 Å². The Kier molecular flexibility index (Phi) is 6.33. The number of para-hydroxylation sites is 1. The number of anilines is 2. The molecule has 0 fully saturated rings. The average Bonchev–Trinajstić information content (AvgIpc) is 2.95. The Bertz CT molecular complexity index is 554. The van der Waals surface area contributed by atoms with E-state index in [1.165, 1.54) is 0 Å². The molecule has 22 heavy (non-hydrogen) atoms. The molecule has 0 aliphatic heterocycles. The molecule has 6 heteroatoms. The second-order valence-electron chi connectivity index (χ2n) is 5.46. The Labute approximate surface area is 135 Å². The van der Waals surface area contributed by atoms with Gasteiger partial charge in [0.05, 0.1) is 12.3 Å². The van der Waals surface area contributed by atoms with Gasteiger partial charge in [-0.1, -0.05) is 18.2 Å². The minimum atomic E-state index is -0.250. The summed E-state index contributed by atoms with van der Waals surface area (Å²) in [6.45, 7) is 3.37. The van der Waals surface area contributed by atoms with Crippen LogP contribution in [-0.4, -0.2) is 36.0 Å². The molecule has 1 unspecified atom stereocenters. The van der Waals surface area contributed by atoms with E-state index in [2.05, 4.69) is 15.6 Å². The van der Waals surface area contributed by atoms with Crippen molar-refractivity contribution >= 4 is 22.2 Å². The fourth-order valence-corrected chi connectivity index (χ4v) is 2.90. The zero-order valence-electron chi connectivity index (χ0n) is 13.0. The van der Waals surface area contributed by atoms with E-state index in [0.717, 1.165) is 16.5 Å². The Hall–Kier alpha value is -1.47. The molecule has 1 aromatic carbocycles. The largest absolute Gasteiger partial charge is 0.396 e. The molecular weight excluding hydrogens is 298 g/mol. The van der Waals surface area contributed by atoms with Gasteiger partial charge >= 0.3 is 0 Å². The van der Waals surface area contributed by atoms with Gasteiger partial charge < -0.3 is 20.5 Å². The first kappa shape index (κ1) is 16.9. The number of hydrogen-bond acceptors (Lipinski definition) is 6. The van der Waals surface area contributed by atoms with Gasteiger partial charge in [0.2, 0.25) is 0 Å². The highest BCUT2D eigenvalue weighted by Crippen LogP contribution is 2.21. The normalized spacial score (nSPS) is 13.8. The van der Waals surface area contributed by atoms with E-state index in [-0.39, 0.29) is 12.1 Å². The van der Waals surface area contributed by atoms with Gasteiger partial charge in [0, 0.05) is 36.9 Å². The second-order valence-corrected chi connectivity index (χ2v) is 6.31. The van der Waals surface area contributed by atoms with Crippen LogP contribution in [-0.2, 0) is 11.3 Å². The summed E-state index contributed by atoms with van der Waals surface area (Å²) in [6.07, 6.45) is 0.639. The van der Waals surface area contributed by atoms with Crippen molar-refractivity contribution < 1.29 is 9.84 Å². The molecule has 1 atom stereocenters. The lowest BCUT2D eigenvalue weighted by molar-refractivity contribution is 0.0968. The van der Waals surface area contributed by atoms with Gasteiger partial charge in [-0.15, -0.1) is 11.3 Å². The first-order chi connectivity index (χ1) is 10.6. The first-order valence-corrected chi connectivity index (χ1v) is 8.14. The maximum atomic E-state index is 9.17. The molecule has 2 aromatic rings. The van der Waals surface area contributed by atoms with E-state index < -0.39 is 0 Å². The number of ether oxygens (including phenoxy) is 1. The number of nitrogens with one attached hydrogen (secondary N) is 2. The van der Waals surface area contributed by atoms with E-state index in [0.29, 0.717) is 19.6 Å². The van der Waals surface area contributed by atoms with Crippen LogP contribution in [0.2, 0.25) is 0 Å². The highest BCUT2D eigenvalue weighted by molar-refractivity contribution is 7.13. The monoisotopic (exact) mass is 321 g/mol. The van der Waals surface area contributed by atoms with Crippen LogP contribution in [0, 0.1) is 0 Å². The molecule has 0 aliphatic rings. The van der Waals surface area contributed by atoms with Crippen LogP contribution in [0.15, 0.2) is 35.7 Å². The number of thiazole rings is 1. The van der Waals surface area contributed by atoms with Crippen molar-refractivity contribution in [3.05, 3.63) is 41.4 Å². The highest BCUT2D eigenvalue weighted by atomic mass is 32.1. The SMILES string of the molecule is COCC(C)(CCO)NCc1csc(Nc2ccccc2)n1. The fourth-order valence-electron chi connectivity index (χ4n) is 2.17. The molecule has 2 rings (SSSR count). The highest BCUT2D eigenvalue weighted by Gasteiger charge is 2.23. The molecule has 0 bridgehead atoms. The number of aliphatic hydroxyl groups excluding tert-OH is 1. The predicted molar refractivity (Wildman–Crippen MR) is 90.7 cm³/mol. The first-order valence-electron chi connectivity index (χ1n) is 7.26. The van der Waals surface area contributed by atoms with Gasteiger partial charge in [0.15, 0.2) is 5.13 Å². The Balaban J connectivity index is 1.91. The third kappa shape index (κ3) is 5.06. The van der Waals surface area contributed by atoms with Crippen LogP contribution in [0.5, 0.6) is 0 Å². The van der Waals surface area contributed by atoms with Crippen molar-refractivity contribution in [1.82, 2.24) is 10.3 Å². The lowest BCUT2D eigenvalue weighted by Gasteiger charge is -2.29. The molecule has 0 radical (unpaired) electrons. The van der Waals surface area contributed by atoms with E-state index in [1.807, 2.05) is 42.6 Å². The lowest BCUT2D eigenvalue weighted by Crippen LogP contribution is -2.46. The van der Waals surface area contributed by atoms with E-state index in [9.17, 15) is 5.11 Å². The van der Waals surface area contributed by atoms with Crippen molar-refractivity contribution in [2.45, 2.75) is 25.4 Å². The van der Waals surface area contributed by atoms with E-state index >= 15 is 0 Å². The minimum absolute atomic E-state index is 0.130. The molecule has 3 N–H and O–H groups in total. The van der Waals surface area contributed by atoms with Crippen LogP contribution in [0.4, 0.5) is 10.8 Å². The summed E-state index contributed by atoms with van der Waals surface area (Å²) < 4.78 is 5.23. The summed E-state index contributed by atoms with van der Waals surface area (Å²) in [4.78, 5) is 4.57. The van der Waals surface area contributed by atoms with Crippen LogP contribution in [0.3, 0.4) is 0 Å². The molecule has 1 aromatic heterocycles. The third-order valence-electron chi connectivity index (χ3n) is 3.40. The maximum Gasteiger partial charge on any atom is 0.187 e. The number of benzene rings is 1. The molecule has 1 heterocycles. The molecule has 0 saturated heterocycles. The smallest absolute Gasteiger partial charge is 0.187 e. The molecule has 5 nitrogen and oxygen atoms in total. The van der Waals surface area contributed by atoms with Crippen molar-refractivity contribution in [3.63, 3.8) is 0 Å². The zero-order chi connectivity index (χ0) is 15.8. The van der Waals surface area contributed by atoms with E-state index in [4.69, 9.17) is 4.74 Å². The predicted octanol–water partition coefficient (Wildman–Crippen LogP) is 2.76. The maximum absolute atomic E-state index is 9.17. The number of aromatic nitrogens is 1. The van der Waals surface area contributed by atoms with Crippen molar-refractivity contribution in [3.8, 4) is 0 Å². The van der Waals surface area contributed by atoms with Gasteiger partial charge in [-0.3, -0.25) is 0 Å². The van der Waals surface area contributed by atoms with Gasteiger partial charge in [0.25, 0.3) is 0 Å². The molecular formula is C16H23N3O2S. The second kappa shape index (κ2) is 8.24. The topological polar surface area (TPSA) is 66.4 Å². The molecule has 0 amide bonds. The quantitative estimate of drug-likeness (QED) is 0.663. The summed E-state index contributed by atoms with van der Waals surface area (Å²) in [7, 11) is 1.67. The summed E-state index contributed by atoms with van der Waals surface area (Å²) >= 11 is 1.58. The fraction of sp³-hybridized carbons (Fsp3) is 0.438. The molecule has 0 saturated carbocycles. The Morgan fingerprint density at radius 2 is 2.09 bits per heavy atom. The number of rotatable bonds is 9. The zero-order valence-corrected chi connectivity index (χ0v) is 13.8. The van der Waals surface area contributed by atoms with E-state index in [1.54, 1.807) is 18.4 Å². The minimum Gasteiger partial charge on any atom is -0.396 e. The number of nitrogens with zero attached hydrogens (tertiary/aromatic N) is 1. The standard InChI is InChI=1S/C16H23N3O2S/c1-16(8-9-20,12-21-2)17-10-14-11-22-15(19-14)18-13-6-4-3-5-7-13/h3-7,11,17,20H,8-10,12H2,1-2H3,(H,18,19). The van der Waals surface area contributed by atoms with Crippen LogP contribution < -0.4 is 10.6 Å². The van der Waals surface area contributed by atoms with Crippen LogP contribution in [0.1, 0.15) is 19.0 Å². The Morgan fingerprint density at radius 3 is 2.77 bits per heavy atom. The van der Waals surface area contributed by atoms with Gasteiger partial charge in [-0.25, -0.2) is 4.98 Å². The van der Waals surface area contributed by atoms with Gasteiger partial charge in [0.1, 0.15) is 0 Å². The molecule has 120 valence electrons. The van der Waals surface area contributed by atoms with Crippen molar-refractivity contribution in [1.29, 1.82) is 0 Å². The van der Waals surface area contributed by atoms with Crippen LogP contribution >= 0.6 is 11.3 Å². The lowest BCUT2D eigenvalue weighted by atomic mass is 9.99. The summed E-state index contributed by atoms with van der Waals surface area (Å²) in [5, 5.41) is 18.8. The number of aliphatic hydroxyl groups is 1. The third-order valence-corrected chi connectivity index (χ3v) is 4.21. The number of hydrogen-bond donors (Lipinski definition) is 3. The van der Waals surface area contributed by atoms with Gasteiger partial charge in [-0.2, -0.15) is 0 Å². The molecule has 0 aliphatic carbocycles. The summed E-state index contributed by atoms with van der Waals surface area (Å²) in [5.74, 6) is 0. The summed E-state index contributed by atoms with van der Waals surface area (Å²) in [6, 6.07) is 9.99. The van der Waals surface area contributed by atoms with Crippen molar-refractivity contribution in [2.75, 3.05) is 25.6 Å². The molecule has 0 spiro atoms.